The van der Waals surface area contributed by atoms with E-state index in [4.69, 9.17) is 4.74 Å². The minimum Gasteiger partial charge on any atom is -0.383 e. The van der Waals surface area contributed by atoms with Crippen LogP contribution in [0.4, 0.5) is 0 Å². The Morgan fingerprint density at radius 1 is 1.13 bits per heavy atom. The minimum atomic E-state index is 0.155. The van der Waals surface area contributed by atoms with Crippen LogP contribution >= 0.6 is 0 Å². The average molecular weight is 215 g/mol. The van der Waals surface area contributed by atoms with E-state index in [1.54, 1.807) is 7.11 Å². The number of hydrogen-bond donors (Lipinski definition) is 1. The van der Waals surface area contributed by atoms with Crippen molar-refractivity contribution in [1.82, 2.24) is 5.32 Å². The van der Waals surface area contributed by atoms with Gasteiger partial charge in [0.15, 0.2) is 0 Å². The smallest absolute Gasteiger partial charge is 0.220 e. The zero-order valence-corrected chi connectivity index (χ0v) is 10.2. The molecule has 0 fully saturated rings. The van der Waals surface area contributed by atoms with Gasteiger partial charge in [-0.1, -0.05) is 39.0 Å². The molecular weight excluding hydrogens is 190 g/mol. The van der Waals surface area contributed by atoms with Gasteiger partial charge in [-0.2, -0.15) is 0 Å². The maximum absolute atomic E-state index is 11.2. The van der Waals surface area contributed by atoms with Gasteiger partial charge >= 0.3 is 0 Å². The normalized spacial score (nSPS) is 10.3. The standard InChI is InChI=1S/C12H25NO2/c1-3-4-5-6-7-8-9-12(14)13-10-11-15-2/h3-11H2,1-2H3,(H,13,14). The molecular formula is C12H25NO2. The summed E-state index contributed by atoms with van der Waals surface area (Å²) >= 11 is 0. The van der Waals surface area contributed by atoms with Crippen LogP contribution in [0.5, 0.6) is 0 Å². The van der Waals surface area contributed by atoms with E-state index in [1.807, 2.05) is 0 Å². The lowest BCUT2D eigenvalue weighted by Crippen LogP contribution is -2.26. The van der Waals surface area contributed by atoms with Crippen LogP contribution in [-0.2, 0) is 9.53 Å². The Kier molecular flexibility index (Phi) is 11.1. The molecule has 3 nitrogen and oxygen atoms in total. The predicted molar refractivity (Wildman–Crippen MR) is 62.9 cm³/mol. The molecule has 0 radical (unpaired) electrons. The summed E-state index contributed by atoms with van der Waals surface area (Å²) in [6.45, 7) is 3.44. The third kappa shape index (κ3) is 11.4. The molecule has 90 valence electrons. The fourth-order valence-corrected chi connectivity index (χ4v) is 1.45. The molecule has 0 spiro atoms. The summed E-state index contributed by atoms with van der Waals surface area (Å²) in [6, 6.07) is 0. The molecule has 0 saturated carbocycles. The van der Waals surface area contributed by atoms with Crippen LogP contribution in [0.15, 0.2) is 0 Å². The molecule has 0 aromatic rings. The average Bonchev–Trinajstić information content (AvgIpc) is 2.23. The lowest BCUT2D eigenvalue weighted by molar-refractivity contribution is -0.121. The van der Waals surface area contributed by atoms with Gasteiger partial charge in [0.25, 0.3) is 0 Å². The summed E-state index contributed by atoms with van der Waals surface area (Å²) in [5.74, 6) is 0.155. The third-order valence-electron chi connectivity index (χ3n) is 2.39. The second kappa shape index (κ2) is 11.5. The molecule has 0 saturated heterocycles. The highest BCUT2D eigenvalue weighted by Crippen LogP contribution is 2.06. The quantitative estimate of drug-likeness (QED) is 0.569. The molecule has 0 atom stereocenters. The number of hydrogen-bond acceptors (Lipinski definition) is 2. The van der Waals surface area contributed by atoms with Crippen molar-refractivity contribution >= 4 is 5.91 Å². The topological polar surface area (TPSA) is 38.3 Å². The van der Waals surface area contributed by atoms with E-state index in [1.165, 1.54) is 32.1 Å². The van der Waals surface area contributed by atoms with E-state index in [9.17, 15) is 4.79 Å². The van der Waals surface area contributed by atoms with Crippen LogP contribution in [-0.4, -0.2) is 26.2 Å². The summed E-state index contributed by atoms with van der Waals surface area (Å²) in [4.78, 5) is 11.2. The number of methoxy groups -OCH3 is 1. The molecule has 3 heteroatoms. The van der Waals surface area contributed by atoms with Gasteiger partial charge in [-0.05, 0) is 6.42 Å². The largest absolute Gasteiger partial charge is 0.383 e. The van der Waals surface area contributed by atoms with Crippen molar-refractivity contribution in [2.45, 2.75) is 51.9 Å². The zero-order valence-electron chi connectivity index (χ0n) is 10.2. The van der Waals surface area contributed by atoms with Gasteiger partial charge < -0.3 is 10.1 Å². The second-order valence-electron chi connectivity index (χ2n) is 3.86. The van der Waals surface area contributed by atoms with Gasteiger partial charge in [0.2, 0.25) is 5.91 Å². The summed E-state index contributed by atoms with van der Waals surface area (Å²) in [7, 11) is 1.64. The molecule has 0 heterocycles. The van der Waals surface area contributed by atoms with Crippen LogP contribution in [0.3, 0.4) is 0 Å². The summed E-state index contributed by atoms with van der Waals surface area (Å²) in [5, 5.41) is 2.82. The van der Waals surface area contributed by atoms with Crippen molar-refractivity contribution in [1.29, 1.82) is 0 Å². The lowest BCUT2D eigenvalue weighted by atomic mass is 10.1. The Morgan fingerprint density at radius 3 is 2.47 bits per heavy atom. The van der Waals surface area contributed by atoms with Crippen molar-refractivity contribution in [2.24, 2.45) is 0 Å². The number of amides is 1. The molecule has 15 heavy (non-hydrogen) atoms. The number of rotatable bonds is 10. The lowest BCUT2D eigenvalue weighted by Gasteiger charge is -2.04. The SMILES string of the molecule is CCCCCCCCC(=O)NCCOC. The van der Waals surface area contributed by atoms with E-state index in [0.29, 0.717) is 19.6 Å². The summed E-state index contributed by atoms with van der Waals surface area (Å²) in [6.07, 6.45) is 8.02. The molecule has 0 rings (SSSR count). The molecule has 0 bridgehead atoms. The third-order valence-corrected chi connectivity index (χ3v) is 2.39. The van der Waals surface area contributed by atoms with E-state index in [0.717, 1.165) is 6.42 Å². The first-order valence-electron chi connectivity index (χ1n) is 6.07. The molecule has 0 aliphatic carbocycles. The highest BCUT2D eigenvalue weighted by atomic mass is 16.5. The van der Waals surface area contributed by atoms with Gasteiger partial charge in [0.05, 0.1) is 6.61 Å². The van der Waals surface area contributed by atoms with Gasteiger partial charge in [-0.3, -0.25) is 4.79 Å². The van der Waals surface area contributed by atoms with Crippen LogP contribution in [0.1, 0.15) is 51.9 Å². The highest BCUT2D eigenvalue weighted by Gasteiger charge is 1.99. The maximum Gasteiger partial charge on any atom is 0.220 e. The monoisotopic (exact) mass is 215 g/mol. The van der Waals surface area contributed by atoms with E-state index < -0.39 is 0 Å². The Balaban J connectivity index is 3.10. The van der Waals surface area contributed by atoms with Crippen LogP contribution in [0.25, 0.3) is 0 Å². The fraction of sp³-hybridized carbons (Fsp3) is 0.917. The molecule has 1 amide bonds. The Bertz CT molecular complexity index is 149. The number of unbranched alkanes of at least 4 members (excludes halogenated alkanes) is 5. The molecule has 0 unspecified atom stereocenters. The molecule has 0 aromatic carbocycles. The van der Waals surface area contributed by atoms with E-state index >= 15 is 0 Å². The van der Waals surface area contributed by atoms with Crippen molar-refractivity contribution < 1.29 is 9.53 Å². The van der Waals surface area contributed by atoms with E-state index in [2.05, 4.69) is 12.2 Å². The Hall–Kier alpha value is -0.570. The molecule has 0 aliphatic rings. The maximum atomic E-state index is 11.2. The van der Waals surface area contributed by atoms with Gasteiger partial charge in [-0.15, -0.1) is 0 Å². The first-order valence-corrected chi connectivity index (χ1v) is 6.07. The minimum absolute atomic E-state index is 0.155. The van der Waals surface area contributed by atoms with Crippen LogP contribution in [0.2, 0.25) is 0 Å². The van der Waals surface area contributed by atoms with Gasteiger partial charge in [0.1, 0.15) is 0 Å². The zero-order chi connectivity index (χ0) is 11.4. The summed E-state index contributed by atoms with van der Waals surface area (Å²) < 4.78 is 4.85. The predicted octanol–water partition coefficient (Wildman–Crippen LogP) is 2.50. The molecule has 0 aliphatic heterocycles. The number of nitrogens with one attached hydrogen (secondary N) is 1. The summed E-state index contributed by atoms with van der Waals surface area (Å²) in [5.41, 5.74) is 0. The Labute approximate surface area is 93.6 Å². The first kappa shape index (κ1) is 14.4. The number of ether oxygens (including phenoxy) is 1. The fourth-order valence-electron chi connectivity index (χ4n) is 1.45. The van der Waals surface area contributed by atoms with Gasteiger partial charge in [-0.25, -0.2) is 0 Å². The van der Waals surface area contributed by atoms with Crippen molar-refractivity contribution in [3.63, 3.8) is 0 Å². The van der Waals surface area contributed by atoms with Crippen molar-refractivity contribution in [3.8, 4) is 0 Å². The van der Waals surface area contributed by atoms with Crippen LogP contribution in [0, 0.1) is 0 Å². The molecule has 1 N–H and O–H groups in total. The molecule has 0 aromatic heterocycles. The van der Waals surface area contributed by atoms with Crippen LogP contribution < -0.4 is 5.32 Å². The van der Waals surface area contributed by atoms with E-state index in [-0.39, 0.29) is 5.91 Å². The van der Waals surface area contributed by atoms with Crippen molar-refractivity contribution in [3.05, 3.63) is 0 Å². The van der Waals surface area contributed by atoms with Gasteiger partial charge in [0, 0.05) is 20.1 Å². The Morgan fingerprint density at radius 2 is 1.80 bits per heavy atom. The number of carbonyl (C=O) groups is 1. The van der Waals surface area contributed by atoms with Crippen molar-refractivity contribution in [2.75, 3.05) is 20.3 Å². The highest BCUT2D eigenvalue weighted by molar-refractivity contribution is 5.75. The number of carbonyl (C=O) groups excluding carboxylic acids is 1. The second-order valence-corrected chi connectivity index (χ2v) is 3.86. The first-order chi connectivity index (χ1) is 7.31.